The van der Waals surface area contributed by atoms with Crippen LogP contribution in [0, 0.1) is 11.8 Å². The van der Waals surface area contributed by atoms with Gasteiger partial charge < -0.3 is 11.3 Å². The molecule has 1 saturated heterocycles. The Morgan fingerprint density at radius 1 is 1.00 bits per heavy atom. The van der Waals surface area contributed by atoms with E-state index in [1.54, 1.807) is 0 Å². The molecule has 1 saturated carbocycles. The minimum Gasteiger partial charge on any atom is -0.328 e. The first-order chi connectivity index (χ1) is 5.81. The van der Waals surface area contributed by atoms with E-state index < -0.39 is 0 Å². The van der Waals surface area contributed by atoms with Gasteiger partial charge in [-0.25, -0.2) is 0 Å². The average molecular weight is 269 g/mol. The predicted molar refractivity (Wildman–Crippen MR) is 51.9 cm³/mol. The maximum Gasteiger partial charge on any atom is 0 e. The van der Waals surface area contributed by atoms with E-state index in [9.17, 15) is 0 Å². The number of hydrogen-bond donors (Lipinski definition) is 0. The molecule has 0 atom stereocenters. The quantitative estimate of drug-likeness (QED) is 0.482. The molecular weight excluding hydrogens is 249 g/mol. The Hall–Kier alpha value is 0.583. The van der Waals surface area contributed by atoms with Gasteiger partial charge in [0.2, 0.25) is 0 Å². The molecular formula is C11H20NRh-. The summed E-state index contributed by atoms with van der Waals surface area (Å²) in [5, 5.41) is 0. The minimum absolute atomic E-state index is 0. The van der Waals surface area contributed by atoms with Crippen molar-refractivity contribution in [2.75, 3.05) is 20.1 Å². The van der Waals surface area contributed by atoms with Crippen molar-refractivity contribution in [2.45, 2.75) is 38.5 Å². The molecule has 2 rings (SSSR count). The Labute approximate surface area is 95.0 Å². The third-order valence-corrected chi connectivity index (χ3v) is 3.81. The van der Waals surface area contributed by atoms with E-state index in [0.717, 1.165) is 5.41 Å². The first-order valence-corrected chi connectivity index (χ1v) is 5.31. The molecule has 0 aromatic heterocycles. The van der Waals surface area contributed by atoms with E-state index in [1.807, 2.05) is 0 Å². The number of rotatable bonds is 0. The second-order valence-electron chi connectivity index (χ2n) is 4.67. The molecule has 13 heavy (non-hydrogen) atoms. The number of nitrogens with zero attached hydrogens (tertiary/aromatic N) is 1. The van der Waals surface area contributed by atoms with Crippen LogP contribution in [-0.2, 0) is 19.5 Å². The topological polar surface area (TPSA) is 3.24 Å². The molecule has 0 amide bonds. The van der Waals surface area contributed by atoms with Gasteiger partial charge in [-0.05, 0) is 38.4 Å². The van der Waals surface area contributed by atoms with Crippen LogP contribution in [0.5, 0.6) is 0 Å². The van der Waals surface area contributed by atoms with Crippen LogP contribution in [0.4, 0.5) is 0 Å². The summed E-state index contributed by atoms with van der Waals surface area (Å²) in [6, 6.07) is 0. The molecule has 1 heterocycles. The molecule has 1 spiro atoms. The summed E-state index contributed by atoms with van der Waals surface area (Å²) >= 11 is 0. The van der Waals surface area contributed by atoms with E-state index in [2.05, 4.69) is 18.4 Å². The minimum atomic E-state index is 0. The fourth-order valence-electron chi connectivity index (χ4n) is 2.68. The van der Waals surface area contributed by atoms with Gasteiger partial charge in [0, 0.05) is 19.5 Å². The van der Waals surface area contributed by atoms with Crippen LogP contribution in [-0.4, -0.2) is 25.0 Å². The van der Waals surface area contributed by atoms with E-state index in [1.165, 1.54) is 51.6 Å². The monoisotopic (exact) mass is 269 g/mol. The van der Waals surface area contributed by atoms with E-state index >= 15 is 0 Å². The Morgan fingerprint density at radius 2 is 1.54 bits per heavy atom. The van der Waals surface area contributed by atoms with Crippen LogP contribution in [0.1, 0.15) is 38.5 Å². The van der Waals surface area contributed by atoms with Crippen molar-refractivity contribution in [1.29, 1.82) is 0 Å². The molecule has 1 radical (unpaired) electrons. The zero-order valence-corrected chi connectivity index (χ0v) is 10.2. The summed E-state index contributed by atoms with van der Waals surface area (Å²) < 4.78 is 0. The van der Waals surface area contributed by atoms with Gasteiger partial charge in [0.1, 0.15) is 0 Å². The maximum absolute atomic E-state index is 2.48. The second-order valence-corrected chi connectivity index (χ2v) is 4.67. The zero-order valence-electron chi connectivity index (χ0n) is 8.51. The summed E-state index contributed by atoms with van der Waals surface area (Å²) in [7, 11) is 2.25. The second kappa shape index (κ2) is 4.89. The summed E-state index contributed by atoms with van der Waals surface area (Å²) in [6.45, 7) is 2.67. The van der Waals surface area contributed by atoms with E-state index in [0.29, 0.717) is 0 Å². The molecule has 1 aliphatic heterocycles. The van der Waals surface area contributed by atoms with Crippen LogP contribution in [0.3, 0.4) is 0 Å². The normalized spacial score (nSPS) is 28.4. The predicted octanol–water partition coefficient (Wildman–Crippen LogP) is 2.47. The smallest absolute Gasteiger partial charge is 0 e. The number of hydrogen-bond acceptors (Lipinski definition) is 1. The van der Waals surface area contributed by atoms with Crippen LogP contribution >= 0.6 is 0 Å². The summed E-state index contributed by atoms with van der Waals surface area (Å²) in [5.74, 6) is 0. The van der Waals surface area contributed by atoms with Crippen LogP contribution in [0.25, 0.3) is 0 Å². The van der Waals surface area contributed by atoms with Crippen molar-refractivity contribution in [1.82, 2.24) is 4.90 Å². The molecule has 0 aromatic carbocycles. The van der Waals surface area contributed by atoms with Gasteiger partial charge >= 0.3 is 0 Å². The van der Waals surface area contributed by atoms with Gasteiger partial charge in [-0.15, -0.1) is 0 Å². The van der Waals surface area contributed by atoms with Gasteiger partial charge in [-0.3, -0.25) is 0 Å². The van der Waals surface area contributed by atoms with Crippen LogP contribution in [0.15, 0.2) is 0 Å². The van der Waals surface area contributed by atoms with Crippen molar-refractivity contribution < 1.29 is 19.5 Å². The molecule has 0 unspecified atom stereocenters. The number of piperidine rings is 1. The standard InChI is InChI=1S/C11H20N.Rh/c1-12-9-7-11(8-10-12)5-3-2-4-6-11;/h2H,3-10H2,1H3;/q-1;. The number of likely N-dealkylation sites (tertiary alicyclic amines) is 1. The third-order valence-electron chi connectivity index (χ3n) is 3.81. The summed E-state index contributed by atoms with van der Waals surface area (Å²) in [5.41, 5.74) is 0.765. The van der Waals surface area contributed by atoms with E-state index in [-0.39, 0.29) is 19.5 Å². The third kappa shape index (κ3) is 2.76. The van der Waals surface area contributed by atoms with Crippen LogP contribution in [0.2, 0.25) is 0 Å². The molecule has 0 aromatic rings. The fraction of sp³-hybridized carbons (Fsp3) is 0.909. The first-order valence-electron chi connectivity index (χ1n) is 5.31. The van der Waals surface area contributed by atoms with Crippen molar-refractivity contribution in [3.8, 4) is 0 Å². The van der Waals surface area contributed by atoms with Crippen molar-refractivity contribution in [2.24, 2.45) is 5.41 Å². The van der Waals surface area contributed by atoms with Gasteiger partial charge in [0.25, 0.3) is 0 Å². The Kier molecular flexibility index (Phi) is 4.38. The Balaban J connectivity index is 0.000000845. The maximum atomic E-state index is 2.48. The largest absolute Gasteiger partial charge is 0.328 e. The summed E-state index contributed by atoms with van der Waals surface area (Å²) in [6.07, 6.45) is 11.1. The molecule has 2 aliphatic rings. The molecule has 0 N–H and O–H groups in total. The van der Waals surface area contributed by atoms with Crippen LogP contribution < -0.4 is 0 Å². The van der Waals surface area contributed by atoms with Gasteiger partial charge in [-0.2, -0.15) is 12.8 Å². The zero-order chi connectivity index (χ0) is 8.44. The fourth-order valence-corrected chi connectivity index (χ4v) is 2.68. The molecule has 1 aliphatic carbocycles. The Bertz CT molecular complexity index is 142. The molecule has 2 fully saturated rings. The first kappa shape index (κ1) is 11.7. The van der Waals surface area contributed by atoms with Crippen molar-refractivity contribution in [3.63, 3.8) is 0 Å². The molecule has 1 nitrogen and oxygen atoms in total. The van der Waals surface area contributed by atoms with Gasteiger partial charge in [-0.1, -0.05) is 12.8 Å². The van der Waals surface area contributed by atoms with E-state index in [4.69, 9.17) is 0 Å². The van der Waals surface area contributed by atoms with Crippen molar-refractivity contribution >= 4 is 0 Å². The average Bonchev–Trinajstić information content (AvgIpc) is 2.13. The van der Waals surface area contributed by atoms with Gasteiger partial charge in [0.05, 0.1) is 0 Å². The Morgan fingerprint density at radius 3 is 2.08 bits per heavy atom. The SMILES string of the molecule is CN1CCC2(CC[CH-]CC2)CC1.[Rh]. The van der Waals surface area contributed by atoms with Gasteiger partial charge in [0.15, 0.2) is 0 Å². The molecule has 2 heteroatoms. The van der Waals surface area contributed by atoms with Crippen molar-refractivity contribution in [3.05, 3.63) is 6.42 Å². The molecule has 0 bridgehead atoms. The summed E-state index contributed by atoms with van der Waals surface area (Å²) in [4.78, 5) is 2.48. The molecule has 79 valence electrons.